The molecular formula is C16H22Br2N2O. The Hall–Kier alpha value is -0.100. The number of ether oxygens (including phenoxy) is 1. The molecule has 1 heterocycles. The van der Waals surface area contributed by atoms with E-state index in [0.717, 1.165) is 27.3 Å². The van der Waals surface area contributed by atoms with Crippen LogP contribution in [0.15, 0.2) is 21.1 Å². The smallest absolute Gasteiger partial charge is 0.147 e. The van der Waals surface area contributed by atoms with Gasteiger partial charge >= 0.3 is 0 Å². The van der Waals surface area contributed by atoms with Crippen molar-refractivity contribution >= 4 is 31.9 Å². The summed E-state index contributed by atoms with van der Waals surface area (Å²) in [6.45, 7) is 3.44. The predicted molar refractivity (Wildman–Crippen MR) is 92.9 cm³/mol. The Kier molecular flexibility index (Phi) is 5.25. The maximum Gasteiger partial charge on any atom is 0.147 e. The Balaban J connectivity index is 1.51. The van der Waals surface area contributed by atoms with Crippen LogP contribution in [0.1, 0.15) is 31.2 Å². The number of halogens is 2. The van der Waals surface area contributed by atoms with Crippen LogP contribution in [-0.2, 0) is 6.54 Å². The number of hydrogen-bond donors (Lipinski definition) is 1. The first kappa shape index (κ1) is 15.8. The van der Waals surface area contributed by atoms with E-state index in [0.29, 0.717) is 6.04 Å². The second-order valence-electron chi connectivity index (χ2n) is 6.02. The molecule has 0 amide bonds. The number of nitrogens with one attached hydrogen (secondary N) is 1. The minimum Gasteiger partial charge on any atom is -0.494 e. The monoisotopic (exact) mass is 416 g/mol. The van der Waals surface area contributed by atoms with Crippen LogP contribution >= 0.6 is 31.9 Å². The lowest BCUT2D eigenvalue weighted by Crippen LogP contribution is -2.43. The van der Waals surface area contributed by atoms with Crippen LogP contribution in [0.3, 0.4) is 0 Å². The highest BCUT2D eigenvalue weighted by Gasteiger charge is 2.31. The van der Waals surface area contributed by atoms with Crippen molar-refractivity contribution in [2.75, 3.05) is 20.2 Å². The second kappa shape index (κ2) is 6.99. The molecule has 1 aliphatic carbocycles. The van der Waals surface area contributed by atoms with Gasteiger partial charge in [-0.1, -0.05) is 0 Å². The van der Waals surface area contributed by atoms with Crippen LogP contribution in [0, 0.1) is 0 Å². The zero-order chi connectivity index (χ0) is 14.8. The Morgan fingerprint density at radius 1 is 1.14 bits per heavy atom. The molecule has 21 heavy (non-hydrogen) atoms. The zero-order valence-electron chi connectivity index (χ0n) is 12.4. The van der Waals surface area contributed by atoms with Gasteiger partial charge in [-0.25, -0.2) is 0 Å². The molecule has 1 saturated carbocycles. The highest BCUT2D eigenvalue weighted by molar-refractivity contribution is 9.11. The first-order valence-electron chi connectivity index (χ1n) is 7.66. The molecule has 1 aliphatic heterocycles. The SMILES string of the molecule is COc1c(Br)cc(CNC2CCN(C3CC3)CC2)cc1Br. The Bertz CT molecular complexity index is 474. The second-order valence-corrected chi connectivity index (χ2v) is 7.72. The molecule has 0 spiro atoms. The van der Waals surface area contributed by atoms with E-state index >= 15 is 0 Å². The molecule has 1 aromatic carbocycles. The van der Waals surface area contributed by atoms with Crippen molar-refractivity contribution in [2.24, 2.45) is 0 Å². The summed E-state index contributed by atoms with van der Waals surface area (Å²) < 4.78 is 7.35. The normalized spacial score (nSPS) is 20.7. The molecule has 1 saturated heterocycles. The molecule has 0 atom stereocenters. The number of hydrogen-bond acceptors (Lipinski definition) is 3. The average molecular weight is 418 g/mol. The van der Waals surface area contributed by atoms with Crippen molar-refractivity contribution < 1.29 is 4.74 Å². The summed E-state index contributed by atoms with van der Waals surface area (Å²) in [5.41, 5.74) is 1.28. The zero-order valence-corrected chi connectivity index (χ0v) is 15.5. The van der Waals surface area contributed by atoms with Gasteiger partial charge < -0.3 is 15.0 Å². The highest BCUT2D eigenvalue weighted by Crippen LogP contribution is 2.34. The maximum atomic E-state index is 5.35. The van der Waals surface area contributed by atoms with Gasteiger partial charge in [-0.2, -0.15) is 0 Å². The van der Waals surface area contributed by atoms with E-state index in [1.807, 2.05) is 0 Å². The fraction of sp³-hybridized carbons (Fsp3) is 0.625. The van der Waals surface area contributed by atoms with Crippen LogP contribution in [0.4, 0.5) is 0 Å². The van der Waals surface area contributed by atoms with Crippen LogP contribution in [0.25, 0.3) is 0 Å². The Morgan fingerprint density at radius 3 is 2.29 bits per heavy atom. The van der Waals surface area contributed by atoms with Crippen LogP contribution in [0.2, 0.25) is 0 Å². The van der Waals surface area contributed by atoms with Crippen LogP contribution in [0.5, 0.6) is 5.75 Å². The van der Waals surface area contributed by atoms with Crippen molar-refractivity contribution in [1.82, 2.24) is 10.2 Å². The largest absolute Gasteiger partial charge is 0.494 e. The van der Waals surface area contributed by atoms with Crippen molar-refractivity contribution in [1.29, 1.82) is 0 Å². The van der Waals surface area contributed by atoms with E-state index in [4.69, 9.17) is 4.74 Å². The van der Waals surface area contributed by atoms with Gasteiger partial charge in [0.2, 0.25) is 0 Å². The van der Waals surface area contributed by atoms with Crippen molar-refractivity contribution in [3.05, 3.63) is 26.6 Å². The molecule has 3 rings (SSSR count). The lowest BCUT2D eigenvalue weighted by molar-refractivity contribution is 0.189. The molecule has 2 fully saturated rings. The Morgan fingerprint density at radius 2 is 1.76 bits per heavy atom. The molecule has 0 radical (unpaired) electrons. The van der Waals surface area contributed by atoms with Crippen molar-refractivity contribution in [3.63, 3.8) is 0 Å². The molecule has 0 aromatic heterocycles. The molecule has 1 aromatic rings. The fourth-order valence-electron chi connectivity index (χ4n) is 3.08. The summed E-state index contributed by atoms with van der Waals surface area (Å²) in [6.07, 6.45) is 5.39. The van der Waals surface area contributed by atoms with Gasteiger partial charge in [0.25, 0.3) is 0 Å². The van der Waals surface area contributed by atoms with E-state index in [-0.39, 0.29) is 0 Å². The lowest BCUT2D eigenvalue weighted by atomic mass is 10.0. The number of likely N-dealkylation sites (tertiary alicyclic amines) is 1. The van der Waals surface area contributed by atoms with Gasteiger partial charge in [-0.3, -0.25) is 0 Å². The van der Waals surface area contributed by atoms with Gasteiger partial charge in [-0.15, -0.1) is 0 Å². The minimum absolute atomic E-state index is 0.652. The van der Waals surface area contributed by atoms with E-state index in [2.05, 4.69) is 54.2 Å². The third-order valence-corrected chi connectivity index (χ3v) is 5.63. The van der Waals surface area contributed by atoms with E-state index < -0.39 is 0 Å². The first-order chi connectivity index (χ1) is 10.2. The Labute approximate surface area is 143 Å². The molecule has 0 unspecified atom stereocenters. The van der Waals surface area contributed by atoms with Crippen LogP contribution in [-0.4, -0.2) is 37.2 Å². The molecule has 2 aliphatic rings. The lowest BCUT2D eigenvalue weighted by Gasteiger charge is -2.32. The summed E-state index contributed by atoms with van der Waals surface area (Å²) in [5.74, 6) is 0.858. The van der Waals surface area contributed by atoms with Crippen molar-refractivity contribution in [3.8, 4) is 5.75 Å². The summed E-state index contributed by atoms with van der Waals surface area (Å²) in [5, 5.41) is 3.70. The summed E-state index contributed by atoms with van der Waals surface area (Å²) in [4.78, 5) is 2.67. The summed E-state index contributed by atoms with van der Waals surface area (Å²) in [6, 6.07) is 5.84. The highest BCUT2D eigenvalue weighted by atomic mass is 79.9. The first-order valence-corrected chi connectivity index (χ1v) is 9.25. The quantitative estimate of drug-likeness (QED) is 0.785. The van der Waals surface area contributed by atoms with E-state index in [1.54, 1.807) is 7.11 Å². The van der Waals surface area contributed by atoms with Gasteiger partial charge in [0.1, 0.15) is 5.75 Å². The third-order valence-electron chi connectivity index (χ3n) is 4.45. The number of benzene rings is 1. The molecule has 3 nitrogen and oxygen atoms in total. The summed E-state index contributed by atoms with van der Waals surface area (Å²) in [7, 11) is 1.69. The van der Waals surface area contributed by atoms with Gasteiger partial charge in [0.05, 0.1) is 16.1 Å². The van der Waals surface area contributed by atoms with Crippen LogP contribution < -0.4 is 10.1 Å². The average Bonchev–Trinajstić information content (AvgIpc) is 3.30. The van der Waals surface area contributed by atoms with E-state index in [1.165, 1.54) is 44.3 Å². The number of methoxy groups -OCH3 is 1. The van der Waals surface area contributed by atoms with Gasteiger partial charge in [0.15, 0.2) is 0 Å². The topological polar surface area (TPSA) is 24.5 Å². The molecule has 0 bridgehead atoms. The number of piperidine rings is 1. The molecule has 116 valence electrons. The predicted octanol–water partition coefficient (Wildman–Crippen LogP) is 3.94. The summed E-state index contributed by atoms with van der Waals surface area (Å²) >= 11 is 7.13. The standard InChI is InChI=1S/C16H22Br2N2O/c1-21-16-14(17)8-11(9-15(16)18)10-19-12-4-6-20(7-5-12)13-2-3-13/h8-9,12-13,19H,2-7,10H2,1H3. The molecule has 5 heteroatoms. The molecule has 1 N–H and O–H groups in total. The fourth-order valence-corrected chi connectivity index (χ4v) is 4.69. The minimum atomic E-state index is 0.652. The van der Waals surface area contributed by atoms with E-state index in [9.17, 15) is 0 Å². The third kappa shape index (κ3) is 4.01. The van der Waals surface area contributed by atoms with Gasteiger partial charge in [0, 0.05) is 18.6 Å². The number of nitrogens with zero attached hydrogens (tertiary/aromatic N) is 1. The maximum absolute atomic E-state index is 5.35. The van der Waals surface area contributed by atoms with Crippen molar-refractivity contribution in [2.45, 2.75) is 44.3 Å². The molecular weight excluding hydrogens is 396 g/mol. The van der Waals surface area contributed by atoms with Gasteiger partial charge in [-0.05, 0) is 88.3 Å². The number of rotatable bonds is 5.